The van der Waals surface area contributed by atoms with E-state index in [1.165, 1.54) is 0 Å². The van der Waals surface area contributed by atoms with Gasteiger partial charge in [-0.1, -0.05) is 23.2 Å². The van der Waals surface area contributed by atoms with Crippen LogP contribution in [-0.4, -0.2) is 12.6 Å². The molecule has 0 atom stereocenters. The first kappa shape index (κ1) is 15.7. The molecular weight excluding hydrogens is 311 g/mol. The summed E-state index contributed by atoms with van der Waals surface area (Å²) >= 11 is 11.8. The van der Waals surface area contributed by atoms with Crippen molar-refractivity contribution < 1.29 is 14.3 Å². The van der Waals surface area contributed by atoms with Gasteiger partial charge in [0.2, 0.25) is 0 Å². The maximum atomic E-state index is 11.8. The fourth-order valence-electron chi connectivity index (χ4n) is 1.80. The molecule has 3 nitrogen and oxygen atoms in total. The summed E-state index contributed by atoms with van der Waals surface area (Å²) < 4.78 is 10.5. The van der Waals surface area contributed by atoms with Crippen LogP contribution in [0, 0.1) is 13.8 Å². The zero-order chi connectivity index (χ0) is 15.4. The first-order valence-corrected chi connectivity index (χ1v) is 7.07. The number of aryl methyl sites for hydroxylation is 2. The fraction of sp³-hybridized carbons (Fsp3) is 0.188. The molecule has 2 aromatic rings. The number of rotatable bonds is 4. The lowest BCUT2D eigenvalue weighted by atomic mass is 10.1. The fourth-order valence-corrected chi connectivity index (χ4v) is 2.03. The Labute approximate surface area is 133 Å². The predicted octanol–water partition coefficient (Wildman–Crippen LogP) is 4.59. The van der Waals surface area contributed by atoms with Gasteiger partial charge >= 0.3 is 5.97 Å². The molecule has 0 bridgehead atoms. The first-order valence-electron chi connectivity index (χ1n) is 6.31. The van der Waals surface area contributed by atoms with E-state index >= 15 is 0 Å². The highest BCUT2D eigenvalue weighted by Gasteiger charge is 2.09. The van der Waals surface area contributed by atoms with Crippen molar-refractivity contribution in [1.82, 2.24) is 0 Å². The Hall–Kier alpha value is -1.71. The molecule has 0 aliphatic heterocycles. The number of hydrogen-bond acceptors (Lipinski definition) is 3. The molecule has 0 aliphatic carbocycles. The van der Waals surface area contributed by atoms with E-state index in [9.17, 15) is 4.79 Å². The van der Waals surface area contributed by atoms with Crippen molar-refractivity contribution in [2.75, 3.05) is 6.61 Å². The average Bonchev–Trinajstić information content (AvgIpc) is 2.44. The molecule has 2 rings (SSSR count). The normalized spacial score (nSPS) is 10.3. The summed E-state index contributed by atoms with van der Waals surface area (Å²) in [7, 11) is 0. The van der Waals surface area contributed by atoms with Crippen LogP contribution in [0.5, 0.6) is 11.5 Å². The second kappa shape index (κ2) is 6.83. The molecule has 2 aromatic carbocycles. The van der Waals surface area contributed by atoms with E-state index in [1.807, 2.05) is 13.8 Å². The van der Waals surface area contributed by atoms with Crippen molar-refractivity contribution in [2.45, 2.75) is 13.8 Å². The molecule has 5 heteroatoms. The molecule has 0 saturated heterocycles. The van der Waals surface area contributed by atoms with Crippen LogP contribution in [0.4, 0.5) is 0 Å². The summed E-state index contributed by atoms with van der Waals surface area (Å²) in [6, 6.07) is 10.2. The van der Waals surface area contributed by atoms with Gasteiger partial charge in [0.25, 0.3) is 0 Å². The van der Waals surface area contributed by atoms with Crippen molar-refractivity contribution in [1.29, 1.82) is 0 Å². The molecule has 0 aliphatic rings. The maximum absolute atomic E-state index is 11.8. The highest BCUT2D eigenvalue weighted by Crippen LogP contribution is 2.26. The van der Waals surface area contributed by atoms with E-state index in [1.54, 1.807) is 36.4 Å². The summed E-state index contributed by atoms with van der Waals surface area (Å²) in [5, 5.41) is 1.28. The lowest BCUT2D eigenvalue weighted by Gasteiger charge is -2.09. The van der Waals surface area contributed by atoms with Crippen LogP contribution in [0.1, 0.15) is 11.1 Å². The quantitative estimate of drug-likeness (QED) is 0.609. The second-order valence-electron chi connectivity index (χ2n) is 4.59. The average molecular weight is 325 g/mol. The molecule has 0 heterocycles. The highest BCUT2D eigenvalue weighted by molar-refractivity contribution is 6.32. The van der Waals surface area contributed by atoms with Crippen molar-refractivity contribution in [3.8, 4) is 11.5 Å². The largest absolute Gasteiger partial charge is 0.482 e. The van der Waals surface area contributed by atoms with Gasteiger partial charge in [-0.25, -0.2) is 4.79 Å². The van der Waals surface area contributed by atoms with E-state index < -0.39 is 5.97 Å². The molecule has 0 N–H and O–H groups in total. The smallest absolute Gasteiger partial charge is 0.349 e. The van der Waals surface area contributed by atoms with E-state index in [-0.39, 0.29) is 6.61 Å². The SMILES string of the molecule is Cc1cc(OC(=O)COc2ccc(Cl)cc2)cc(C)c1Cl. The maximum Gasteiger partial charge on any atom is 0.349 e. The molecule has 21 heavy (non-hydrogen) atoms. The molecule has 0 unspecified atom stereocenters. The Balaban J connectivity index is 1.94. The van der Waals surface area contributed by atoms with Gasteiger partial charge < -0.3 is 9.47 Å². The standard InChI is InChI=1S/C16H14Cl2O3/c1-10-7-14(8-11(2)16(10)18)21-15(19)9-20-13-5-3-12(17)4-6-13/h3-8H,9H2,1-2H3. The Bertz CT molecular complexity index is 628. The van der Waals surface area contributed by atoms with E-state index in [0.717, 1.165) is 11.1 Å². The minimum atomic E-state index is -0.480. The third-order valence-corrected chi connectivity index (χ3v) is 3.66. The van der Waals surface area contributed by atoms with E-state index in [2.05, 4.69) is 0 Å². The van der Waals surface area contributed by atoms with Gasteiger partial charge in [-0.05, 0) is 61.4 Å². The number of hydrogen-bond donors (Lipinski definition) is 0. The first-order chi connectivity index (χ1) is 9.95. The third kappa shape index (κ3) is 4.38. The van der Waals surface area contributed by atoms with Crippen LogP contribution in [0.25, 0.3) is 0 Å². The van der Waals surface area contributed by atoms with E-state index in [0.29, 0.717) is 21.5 Å². The van der Waals surface area contributed by atoms with Crippen molar-refractivity contribution >= 4 is 29.2 Å². The Morgan fingerprint density at radius 2 is 1.57 bits per heavy atom. The molecule has 0 radical (unpaired) electrons. The summed E-state index contributed by atoms with van der Waals surface area (Å²) in [5.74, 6) is 0.532. The summed E-state index contributed by atoms with van der Waals surface area (Å²) in [6.07, 6.45) is 0. The molecule has 0 amide bonds. The second-order valence-corrected chi connectivity index (χ2v) is 5.40. The summed E-state index contributed by atoms with van der Waals surface area (Å²) in [5.41, 5.74) is 1.72. The third-order valence-electron chi connectivity index (χ3n) is 2.81. The van der Waals surface area contributed by atoms with Crippen LogP contribution in [-0.2, 0) is 4.79 Å². The zero-order valence-corrected chi connectivity index (χ0v) is 13.2. The van der Waals surface area contributed by atoms with Crippen molar-refractivity contribution in [3.63, 3.8) is 0 Å². The Morgan fingerprint density at radius 1 is 1.00 bits per heavy atom. The molecule has 110 valence electrons. The number of ether oxygens (including phenoxy) is 2. The number of esters is 1. The van der Waals surface area contributed by atoms with Gasteiger partial charge in [0.1, 0.15) is 11.5 Å². The predicted molar refractivity (Wildman–Crippen MR) is 83.5 cm³/mol. The zero-order valence-electron chi connectivity index (χ0n) is 11.7. The minimum Gasteiger partial charge on any atom is -0.482 e. The molecular formula is C16H14Cl2O3. The molecule has 0 aromatic heterocycles. The van der Waals surface area contributed by atoms with Gasteiger partial charge in [-0.3, -0.25) is 0 Å². The highest BCUT2D eigenvalue weighted by atomic mass is 35.5. The van der Waals surface area contributed by atoms with Gasteiger partial charge in [0.05, 0.1) is 0 Å². The van der Waals surface area contributed by atoms with Crippen molar-refractivity contribution in [3.05, 3.63) is 57.6 Å². The van der Waals surface area contributed by atoms with Crippen LogP contribution in [0.3, 0.4) is 0 Å². The number of benzene rings is 2. The molecule has 0 fully saturated rings. The summed E-state index contributed by atoms with van der Waals surface area (Å²) in [4.78, 5) is 11.8. The lowest BCUT2D eigenvalue weighted by Crippen LogP contribution is -2.17. The van der Waals surface area contributed by atoms with E-state index in [4.69, 9.17) is 32.7 Å². The summed E-state index contributed by atoms with van der Waals surface area (Å²) in [6.45, 7) is 3.54. The van der Waals surface area contributed by atoms with Gasteiger partial charge in [-0.2, -0.15) is 0 Å². The topological polar surface area (TPSA) is 35.5 Å². The van der Waals surface area contributed by atoms with Crippen LogP contribution >= 0.6 is 23.2 Å². The Kier molecular flexibility index (Phi) is 5.10. The monoisotopic (exact) mass is 324 g/mol. The van der Waals surface area contributed by atoms with Gasteiger partial charge in [0.15, 0.2) is 6.61 Å². The number of halogens is 2. The lowest BCUT2D eigenvalue weighted by molar-refractivity contribution is -0.136. The molecule has 0 saturated carbocycles. The minimum absolute atomic E-state index is 0.178. The number of carbonyl (C=O) groups is 1. The molecule has 0 spiro atoms. The van der Waals surface area contributed by atoms with Crippen LogP contribution in [0.2, 0.25) is 10.0 Å². The van der Waals surface area contributed by atoms with Crippen LogP contribution < -0.4 is 9.47 Å². The van der Waals surface area contributed by atoms with Crippen LogP contribution in [0.15, 0.2) is 36.4 Å². The van der Waals surface area contributed by atoms with Gasteiger partial charge in [0, 0.05) is 10.0 Å². The number of carbonyl (C=O) groups excluding carboxylic acids is 1. The Morgan fingerprint density at radius 3 is 2.14 bits per heavy atom. The van der Waals surface area contributed by atoms with Crippen molar-refractivity contribution in [2.24, 2.45) is 0 Å². The van der Waals surface area contributed by atoms with Gasteiger partial charge in [-0.15, -0.1) is 0 Å².